The average Bonchev–Trinajstić information content (AvgIpc) is 2.70. The Kier molecular flexibility index (Phi) is 7.27. The zero-order valence-electron chi connectivity index (χ0n) is 16.4. The first kappa shape index (κ1) is 20.3. The Hall–Kier alpha value is -1.43. The van der Waals surface area contributed by atoms with Crippen molar-refractivity contribution in [3.8, 4) is 0 Å². The van der Waals surface area contributed by atoms with E-state index in [4.69, 9.17) is 18.9 Å². The maximum Gasteiger partial charge on any atom is 0.366 e. The normalized spacial score (nSPS) is 25.1. The molecule has 1 unspecified atom stereocenters. The fourth-order valence-electron chi connectivity index (χ4n) is 4.04. The Morgan fingerprint density at radius 1 is 1.04 bits per heavy atom. The van der Waals surface area contributed by atoms with E-state index >= 15 is 0 Å². The molecule has 3 rings (SSSR count). The second-order valence-corrected chi connectivity index (χ2v) is 7.60. The molecule has 0 radical (unpaired) electrons. The number of rotatable bonds is 8. The van der Waals surface area contributed by atoms with Crippen molar-refractivity contribution >= 4 is 5.97 Å². The summed E-state index contributed by atoms with van der Waals surface area (Å²) in [6.07, 6.45) is 7.50. The summed E-state index contributed by atoms with van der Waals surface area (Å²) in [6.45, 7) is 3.67. The molecule has 1 aromatic rings. The summed E-state index contributed by atoms with van der Waals surface area (Å²) in [7, 11) is 0. The molecule has 2 fully saturated rings. The average molecular weight is 376 g/mol. The van der Waals surface area contributed by atoms with Crippen molar-refractivity contribution in [2.45, 2.75) is 76.3 Å². The maximum absolute atomic E-state index is 12.7. The third-order valence-corrected chi connectivity index (χ3v) is 5.44. The van der Waals surface area contributed by atoms with Gasteiger partial charge in [0.1, 0.15) is 0 Å². The molecule has 2 aliphatic rings. The van der Waals surface area contributed by atoms with Gasteiger partial charge in [-0.05, 0) is 38.2 Å². The number of hydrogen-bond donors (Lipinski definition) is 0. The zero-order chi connectivity index (χ0) is 19.0. The van der Waals surface area contributed by atoms with Crippen molar-refractivity contribution < 1.29 is 23.7 Å². The van der Waals surface area contributed by atoms with Crippen LogP contribution in [0, 0.1) is 0 Å². The van der Waals surface area contributed by atoms with Crippen LogP contribution in [0.1, 0.15) is 63.9 Å². The maximum atomic E-state index is 12.7. The summed E-state index contributed by atoms with van der Waals surface area (Å²) < 4.78 is 23.8. The van der Waals surface area contributed by atoms with E-state index in [9.17, 15) is 4.79 Å². The van der Waals surface area contributed by atoms with Crippen LogP contribution in [-0.4, -0.2) is 37.2 Å². The van der Waals surface area contributed by atoms with Gasteiger partial charge in [-0.15, -0.1) is 0 Å². The fourth-order valence-corrected chi connectivity index (χ4v) is 4.04. The van der Waals surface area contributed by atoms with Gasteiger partial charge in [-0.25, -0.2) is 4.79 Å². The summed E-state index contributed by atoms with van der Waals surface area (Å²) in [5.74, 6) is -1.67. The minimum absolute atomic E-state index is 0.324. The van der Waals surface area contributed by atoms with E-state index in [0.29, 0.717) is 32.8 Å². The van der Waals surface area contributed by atoms with Crippen LogP contribution in [0.5, 0.6) is 0 Å². The molecule has 0 spiro atoms. The summed E-state index contributed by atoms with van der Waals surface area (Å²) in [4.78, 5) is 12.7. The summed E-state index contributed by atoms with van der Waals surface area (Å²) in [5, 5.41) is 0. The zero-order valence-corrected chi connectivity index (χ0v) is 16.4. The van der Waals surface area contributed by atoms with Gasteiger partial charge in [0.05, 0.1) is 32.0 Å². The third kappa shape index (κ3) is 5.31. The lowest BCUT2D eigenvalue weighted by Crippen LogP contribution is -2.56. The van der Waals surface area contributed by atoms with Gasteiger partial charge in [0.2, 0.25) is 0 Å². The lowest BCUT2D eigenvalue weighted by molar-refractivity contribution is -0.311. The van der Waals surface area contributed by atoms with Crippen LogP contribution in [0.25, 0.3) is 0 Å². The Labute approximate surface area is 162 Å². The largest absolute Gasteiger partial charge is 0.462 e. The molecule has 1 saturated heterocycles. The van der Waals surface area contributed by atoms with Gasteiger partial charge >= 0.3 is 5.97 Å². The lowest BCUT2D eigenvalue weighted by Gasteiger charge is -2.45. The second-order valence-electron chi connectivity index (χ2n) is 7.60. The molecule has 0 bridgehead atoms. The van der Waals surface area contributed by atoms with Gasteiger partial charge in [-0.1, -0.05) is 49.6 Å². The van der Waals surface area contributed by atoms with E-state index in [2.05, 4.69) is 12.1 Å². The van der Waals surface area contributed by atoms with Crippen molar-refractivity contribution in [3.05, 3.63) is 35.9 Å². The standard InChI is InChI=1S/C22H32O5/c1-2-25-20(23)22(15-9-10-16-26-22)27-21(13-7-4-8-14-21)18-24-17-19-11-5-3-6-12-19/h3,5-6,11-12H,2,4,7-10,13-18H2,1H3. The van der Waals surface area contributed by atoms with Crippen LogP contribution in [-0.2, 0) is 30.3 Å². The third-order valence-electron chi connectivity index (χ3n) is 5.44. The Balaban J connectivity index is 1.70. The molecule has 1 aromatic carbocycles. The molecule has 1 heterocycles. The van der Waals surface area contributed by atoms with Gasteiger partial charge in [0.15, 0.2) is 0 Å². The number of benzene rings is 1. The van der Waals surface area contributed by atoms with Gasteiger partial charge in [-0.2, -0.15) is 0 Å². The highest BCUT2D eigenvalue weighted by atomic mass is 16.7. The van der Waals surface area contributed by atoms with Crippen molar-refractivity contribution in [2.24, 2.45) is 0 Å². The number of ether oxygens (including phenoxy) is 4. The van der Waals surface area contributed by atoms with Crippen LogP contribution in [0.4, 0.5) is 0 Å². The molecule has 1 aliphatic carbocycles. The van der Waals surface area contributed by atoms with Crippen LogP contribution in [0.2, 0.25) is 0 Å². The minimum atomic E-state index is -1.28. The van der Waals surface area contributed by atoms with Crippen molar-refractivity contribution in [2.75, 3.05) is 19.8 Å². The van der Waals surface area contributed by atoms with Crippen molar-refractivity contribution in [1.82, 2.24) is 0 Å². The first-order valence-corrected chi connectivity index (χ1v) is 10.3. The molecule has 27 heavy (non-hydrogen) atoms. The van der Waals surface area contributed by atoms with Crippen LogP contribution in [0.15, 0.2) is 30.3 Å². The van der Waals surface area contributed by atoms with E-state index in [0.717, 1.165) is 44.1 Å². The predicted molar refractivity (Wildman–Crippen MR) is 102 cm³/mol. The fraction of sp³-hybridized carbons (Fsp3) is 0.682. The van der Waals surface area contributed by atoms with Gasteiger partial charge in [0, 0.05) is 6.42 Å². The highest BCUT2D eigenvalue weighted by molar-refractivity contribution is 5.78. The summed E-state index contributed by atoms with van der Waals surface area (Å²) >= 11 is 0. The van der Waals surface area contributed by atoms with Gasteiger partial charge in [0.25, 0.3) is 5.79 Å². The summed E-state index contributed by atoms with van der Waals surface area (Å²) in [5.41, 5.74) is 0.648. The Bertz CT molecular complexity index is 574. The Morgan fingerprint density at radius 2 is 1.78 bits per heavy atom. The SMILES string of the molecule is CCOC(=O)C1(OC2(COCc3ccccc3)CCCCC2)CCCCO1. The molecule has 0 aromatic heterocycles. The molecule has 0 N–H and O–H groups in total. The van der Waals surface area contributed by atoms with Crippen LogP contribution >= 0.6 is 0 Å². The second kappa shape index (κ2) is 9.67. The van der Waals surface area contributed by atoms with Crippen molar-refractivity contribution in [1.29, 1.82) is 0 Å². The number of carbonyl (C=O) groups is 1. The molecular formula is C22H32O5. The van der Waals surface area contributed by atoms with Gasteiger partial charge < -0.3 is 18.9 Å². The number of carbonyl (C=O) groups excluding carboxylic acids is 1. The molecule has 5 heteroatoms. The van der Waals surface area contributed by atoms with E-state index in [1.54, 1.807) is 0 Å². The molecule has 1 atom stereocenters. The molecular weight excluding hydrogens is 344 g/mol. The highest BCUT2D eigenvalue weighted by Crippen LogP contribution is 2.40. The topological polar surface area (TPSA) is 54.0 Å². The van der Waals surface area contributed by atoms with Crippen LogP contribution < -0.4 is 0 Å². The molecule has 1 aliphatic heterocycles. The molecule has 150 valence electrons. The quantitative estimate of drug-likeness (QED) is 0.630. The predicted octanol–water partition coefficient (Wildman–Crippen LogP) is 4.38. The Morgan fingerprint density at radius 3 is 2.44 bits per heavy atom. The first-order valence-electron chi connectivity index (χ1n) is 10.3. The molecule has 0 amide bonds. The highest BCUT2D eigenvalue weighted by Gasteiger charge is 2.50. The number of hydrogen-bond acceptors (Lipinski definition) is 5. The van der Waals surface area contributed by atoms with E-state index in [1.165, 1.54) is 6.42 Å². The lowest BCUT2D eigenvalue weighted by atomic mass is 9.84. The molecule has 1 saturated carbocycles. The molecule has 5 nitrogen and oxygen atoms in total. The van der Waals surface area contributed by atoms with E-state index in [1.807, 2.05) is 25.1 Å². The summed E-state index contributed by atoms with van der Waals surface area (Å²) in [6, 6.07) is 10.1. The van der Waals surface area contributed by atoms with E-state index < -0.39 is 17.4 Å². The smallest absolute Gasteiger partial charge is 0.366 e. The first-order chi connectivity index (χ1) is 13.2. The number of esters is 1. The monoisotopic (exact) mass is 376 g/mol. The van der Waals surface area contributed by atoms with Gasteiger partial charge in [-0.3, -0.25) is 0 Å². The van der Waals surface area contributed by atoms with Crippen LogP contribution in [0.3, 0.4) is 0 Å². The van der Waals surface area contributed by atoms with E-state index in [-0.39, 0.29) is 0 Å². The van der Waals surface area contributed by atoms with Crippen molar-refractivity contribution in [3.63, 3.8) is 0 Å². The minimum Gasteiger partial charge on any atom is -0.462 e.